The first-order chi connectivity index (χ1) is 10.3. The SMILES string of the molecule is CCCNC(CC1CCCCC1)c1ccc(CCC)cc1. The molecule has 118 valence electrons. The van der Waals surface area contributed by atoms with Crippen LogP contribution < -0.4 is 5.32 Å². The van der Waals surface area contributed by atoms with Crippen LogP contribution in [0.5, 0.6) is 0 Å². The molecule has 1 aromatic carbocycles. The Morgan fingerprint density at radius 3 is 2.33 bits per heavy atom. The molecule has 1 nitrogen and oxygen atoms in total. The highest BCUT2D eigenvalue weighted by molar-refractivity contribution is 5.25. The molecule has 0 bridgehead atoms. The fourth-order valence-electron chi connectivity index (χ4n) is 3.62. The lowest BCUT2D eigenvalue weighted by atomic mass is 9.83. The van der Waals surface area contributed by atoms with Crippen molar-refractivity contribution >= 4 is 0 Å². The monoisotopic (exact) mass is 287 g/mol. The molecule has 0 radical (unpaired) electrons. The van der Waals surface area contributed by atoms with Crippen molar-refractivity contribution in [3.8, 4) is 0 Å². The molecular formula is C20H33N. The molecule has 0 aliphatic heterocycles. The molecule has 0 aromatic heterocycles. The van der Waals surface area contributed by atoms with E-state index in [1.165, 1.54) is 68.9 Å². The standard InChI is InChI=1S/C20H33N/c1-3-8-17-11-13-19(14-12-17)20(21-15-4-2)16-18-9-6-5-7-10-18/h11-14,18,20-21H,3-10,15-16H2,1-2H3. The summed E-state index contributed by atoms with van der Waals surface area (Å²) in [5.41, 5.74) is 2.97. The van der Waals surface area contributed by atoms with E-state index in [9.17, 15) is 0 Å². The fraction of sp³-hybridized carbons (Fsp3) is 0.700. The molecule has 0 saturated heterocycles. The van der Waals surface area contributed by atoms with E-state index in [0.717, 1.165) is 12.5 Å². The van der Waals surface area contributed by atoms with E-state index in [0.29, 0.717) is 6.04 Å². The van der Waals surface area contributed by atoms with Crippen molar-refractivity contribution in [1.82, 2.24) is 5.32 Å². The van der Waals surface area contributed by atoms with Crippen molar-refractivity contribution in [2.45, 2.75) is 77.7 Å². The van der Waals surface area contributed by atoms with Crippen LogP contribution >= 0.6 is 0 Å². The average Bonchev–Trinajstić information content (AvgIpc) is 2.53. The van der Waals surface area contributed by atoms with Gasteiger partial charge in [-0.15, -0.1) is 0 Å². The summed E-state index contributed by atoms with van der Waals surface area (Å²) >= 11 is 0. The van der Waals surface area contributed by atoms with Crippen LogP contribution in [0.1, 0.15) is 82.4 Å². The molecule has 0 amide bonds. The zero-order valence-electron chi connectivity index (χ0n) is 14.0. The van der Waals surface area contributed by atoms with E-state index in [1.54, 1.807) is 0 Å². The van der Waals surface area contributed by atoms with E-state index in [1.807, 2.05) is 0 Å². The van der Waals surface area contributed by atoms with Gasteiger partial charge in [0.2, 0.25) is 0 Å². The van der Waals surface area contributed by atoms with E-state index in [-0.39, 0.29) is 0 Å². The molecule has 1 saturated carbocycles. The van der Waals surface area contributed by atoms with Gasteiger partial charge in [0, 0.05) is 6.04 Å². The molecule has 1 atom stereocenters. The topological polar surface area (TPSA) is 12.0 Å². The van der Waals surface area contributed by atoms with Crippen molar-refractivity contribution in [3.05, 3.63) is 35.4 Å². The molecule has 1 aliphatic rings. The molecule has 1 aliphatic carbocycles. The van der Waals surface area contributed by atoms with Gasteiger partial charge in [-0.1, -0.05) is 76.6 Å². The average molecular weight is 287 g/mol. The summed E-state index contributed by atoms with van der Waals surface area (Å²) in [6, 6.07) is 9.95. The number of aryl methyl sites for hydroxylation is 1. The Morgan fingerprint density at radius 2 is 1.71 bits per heavy atom. The molecule has 1 N–H and O–H groups in total. The van der Waals surface area contributed by atoms with Crippen LogP contribution in [0.15, 0.2) is 24.3 Å². The summed E-state index contributed by atoms with van der Waals surface area (Å²) in [5.74, 6) is 0.934. The minimum Gasteiger partial charge on any atom is -0.310 e. The van der Waals surface area contributed by atoms with Gasteiger partial charge in [0.15, 0.2) is 0 Å². The number of hydrogen-bond donors (Lipinski definition) is 1. The Labute approximate surface area is 131 Å². The van der Waals surface area contributed by atoms with Crippen molar-refractivity contribution in [2.24, 2.45) is 5.92 Å². The maximum Gasteiger partial charge on any atom is 0.0322 e. The third kappa shape index (κ3) is 5.47. The first-order valence-electron chi connectivity index (χ1n) is 9.15. The smallest absolute Gasteiger partial charge is 0.0322 e. The molecule has 1 aromatic rings. The number of nitrogens with one attached hydrogen (secondary N) is 1. The number of benzene rings is 1. The summed E-state index contributed by atoms with van der Waals surface area (Å²) in [4.78, 5) is 0. The van der Waals surface area contributed by atoms with Gasteiger partial charge in [-0.2, -0.15) is 0 Å². The first-order valence-corrected chi connectivity index (χ1v) is 9.15. The van der Waals surface area contributed by atoms with Gasteiger partial charge in [-0.05, 0) is 42.9 Å². The van der Waals surface area contributed by atoms with Crippen LogP contribution in [-0.4, -0.2) is 6.54 Å². The second-order valence-corrected chi connectivity index (χ2v) is 6.74. The van der Waals surface area contributed by atoms with E-state index >= 15 is 0 Å². The Kier molecular flexibility index (Phi) is 7.29. The first kappa shape index (κ1) is 16.5. The largest absolute Gasteiger partial charge is 0.310 e. The predicted molar refractivity (Wildman–Crippen MR) is 92.7 cm³/mol. The lowest BCUT2D eigenvalue weighted by Gasteiger charge is -2.27. The molecule has 1 heteroatoms. The van der Waals surface area contributed by atoms with E-state index in [2.05, 4.69) is 43.4 Å². The zero-order chi connectivity index (χ0) is 14.9. The molecule has 2 rings (SSSR count). The van der Waals surface area contributed by atoms with Crippen molar-refractivity contribution in [2.75, 3.05) is 6.54 Å². The normalized spacial score (nSPS) is 17.8. The highest BCUT2D eigenvalue weighted by atomic mass is 14.9. The molecular weight excluding hydrogens is 254 g/mol. The van der Waals surface area contributed by atoms with Gasteiger partial charge in [0.05, 0.1) is 0 Å². The van der Waals surface area contributed by atoms with Gasteiger partial charge in [-0.3, -0.25) is 0 Å². The van der Waals surface area contributed by atoms with Crippen LogP contribution in [-0.2, 0) is 6.42 Å². The Hall–Kier alpha value is -0.820. The van der Waals surface area contributed by atoms with Gasteiger partial charge in [0.25, 0.3) is 0 Å². The van der Waals surface area contributed by atoms with Crippen molar-refractivity contribution in [1.29, 1.82) is 0 Å². The summed E-state index contributed by atoms with van der Waals surface area (Å²) in [6.45, 7) is 5.64. The molecule has 1 unspecified atom stereocenters. The van der Waals surface area contributed by atoms with Crippen LogP contribution in [0.4, 0.5) is 0 Å². The van der Waals surface area contributed by atoms with Crippen molar-refractivity contribution < 1.29 is 0 Å². The van der Waals surface area contributed by atoms with Gasteiger partial charge >= 0.3 is 0 Å². The van der Waals surface area contributed by atoms with Gasteiger partial charge in [-0.25, -0.2) is 0 Å². The Bertz CT molecular complexity index is 375. The van der Waals surface area contributed by atoms with Crippen LogP contribution in [0, 0.1) is 5.92 Å². The van der Waals surface area contributed by atoms with Crippen molar-refractivity contribution in [3.63, 3.8) is 0 Å². The highest BCUT2D eigenvalue weighted by Crippen LogP contribution is 2.32. The van der Waals surface area contributed by atoms with Gasteiger partial charge < -0.3 is 5.32 Å². The number of hydrogen-bond acceptors (Lipinski definition) is 1. The minimum atomic E-state index is 0.559. The zero-order valence-corrected chi connectivity index (χ0v) is 14.0. The van der Waals surface area contributed by atoms with E-state index < -0.39 is 0 Å². The molecule has 0 spiro atoms. The second-order valence-electron chi connectivity index (χ2n) is 6.74. The third-order valence-corrected chi connectivity index (χ3v) is 4.86. The fourth-order valence-corrected chi connectivity index (χ4v) is 3.62. The summed E-state index contributed by atoms with van der Waals surface area (Å²) in [7, 11) is 0. The van der Waals surface area contributed by atoms with E-state index in [4.69, 9.17) is 0 Å². The summed E-state index contributed by atoms with van der Waals surface area (Å²) in [5, 5.41) is 3.78. The molecule has 1 fully saturated rings. The lowest BCUT2D eigenvalue weighted by molar-refractivity contribution is 0.300. The Morgan fingerprint density at radius 1 is 1.00 bits per heavy atom. The second kappa shape index (κ2) is 9.25. The maximum absolute atomic E-state index is 3.78. The number of rotatable bonds is 8. The quantitative estimate of drug-likeness (QED) is 0.651. The van der Waals surface area contributed by atoms with Crippen LogP contribution in [0.25, 0.3) is 0 Å². The molecule has 21 heavy (non-hydrogen) atoms. The summed E-state index contributed by atoms with van der Waals surface area (Å²) in [6.07, 6.45) is 12.2. The third-order valence-electron chi connectivity index (χ3n) is 4.86. The summed E-state index contributed by atoms with van der Waals surface area (Å²) < 4.78 is 0. The Balaban J connectivity index is 1.99. The maximum atomic E-state index is 3.78. The minimum absolute atomic E-state index is 0.559. The predicted octanol–water partition coefficient (Wildman–Crippen LogP) is 5.65. The highest BCUT2D eigenvalue weighted by Gasteiger charge is 2.19. The van der Waals surface area contributed by atoms with Crippen LogP contribution in [0.2, 0.25) is 0 Å². The lowest BCUT2D eigenvalue weighted by Crippen LogP contribution is -2.25. The van der Waals surface area contributed by atoms with Crippen LogP contribution in [0.3, 0.4) is 0 Å². The molecule has 0 heterocycles. The van der Waals surface area contributed by atoms with Gasteiger partial charge in [0.1, 0.15) is 0 Å².